The van der Waals surface area contributed by atoms with Gasteiger partial charge in [-0.1, -0.05) is 12.1 Å². The minimum absolute atomic E-state index is 0.00450. The Labute approximate surface area is 216 Å². The molecule has 198 valence electrons. The summed E-state index contributed by atoms with van der Waals surface area (Å²) in [6.45, 7) is 7.25. The highest BCUT2D eigenvalue weighted by Gasteiger charge is 2.58. The topological polar surface area (TPSA) is 99.3 Å². The molecule has 2 aliphatic heterocycles. The Morgan fingerprint density at radius 1 is 1.27 bits per heavy atom. The average molecular weight is 531 g/mol. The van der Waals surface area contributed by atoms with E-state index in [1.807, 2.05) is 26.0 Å². The third-order valence-electron chi connectivity index (χ3n) is 6.99. The number of phenolic OH excluding ortho intramolecular Hbond substituents is 1. The molecule has 11 heteroatoms. The lowest BCUT2D eigenvalue weighted by atomic mass is 9.82. The predicted molar refractivity (Wildman–Crippen MR) is 137 cm³/mol. The maximum Gasteiger partial charge on any atom is 0.330 e. The Morgan fingerprint density at radius 3 is 2.76 bits per heavy atom. The molecule has 2 aliphatic rings. The monoisotopic (exact) mass is 530 g/mol. The number of benzene rings is 2. The van der Waals surface area contributed by atoms with Crippen molar-refractivity contribution in [3.05, 3.63) is 66.3 Å². The molecule has 0 unspecified atom stereocenters. The number of oxazole rings is 1. The predicted octanol–water partition coefficient (Wildman–Crippen LogP) is 4.30. The molecule has 2 atom stereocenters. The first-order chi connectivity index (χ1) is 17.6. The molecular weight excluding hydrogens is 499 g/mol. The summed E-state index contributed by atoms with van der Waals surface area (Å²) in [7, 11) is -4.07. The number of piperidine rings is 1. The Kier molecular flexibility index (Phi) is 6.53. The van der Waals surface area contributed by atoms with Crippen LogP contribution in [-0.4, -0.2) is 54.2 Å². The highest BCUT2D eigenvalue weighted by molar-refractivity contribution is 7.94. The van der Waals surface area contributed by atoms with Gasteiger partial charge in [0.2, 0.25) is 0 Å². The number of aromatic nitrogens is 1. The van der Waals surface area contributed by atoms with Crippen molar-refractivity contribution >= 4 is 21.9 Å². The van der Waals surface area contributed by atoms with Crippen molar-refractivity contribution in [2.75, 3.05) is 21.7 Å². The first kappa shape index (κ1) is 25.3. The van der Waals surface area contributed by atoms with Gasteiger partial charge in [-0.3, -0.25) is 4.90 Å². The van der Waals surface area contributed by atoms with Gasteiger partial charge < -0.3 is 14.3 Å². The Balaban J connectivity index is 1.44. The van der Waals surface area contributed by atoms with Gasteiger partial charge in [0, 0.05) is 19.1 Å². The number of rotatable bonds is 6. The van der Waals surface area contributed by atoms with Gasteiger partial charge in [-0.25, -0.2) is 18.0 Å². The van der Waals surface area contributed by atoms with E-state index in [0.29, 0.717) is 31.7 Å². The van der Waals surface area contributed by atoms with Gasteiger partial charge in [0.05, 0.1) is 30.1 Å². The quantitative estimate of drug-likeness (QED) is 0.507. The fourth-order valence-corrected chi connectivity index (χ4v) is 7.41. The van der Waals surface area contributed by atoms with E-state index in [9.17, 15) is 17.9 Å². The zero-order valence-electron chi connectivity index (χ0n) is 21.0. The number of halogens is 1. The summed E-state index contributed by atoms with van der Waals surface area (Å²) in [5, 5.41) is 10.1. The van der Waals surface area contributed by atoms with Crippen molar-refractivity contribution in [3.8, 4) is 11.5 Å². The second kappa shape index (κ2) is 9.53. The minimum atomic E-state index is -4.07. The van der Waals surface area contributed by atoms with Crippen LogP contribution in [0.3, 0.4) is 0 Å². The Hall–Kier alpha value is -3.31. The Bertz CT molecular complexity index is 1370. The van der Waals surface area contributed by atoms with E-state index in [-0.39, 0.29) is 36.1 Å². The van der Waals surface area contributed by atoms with Gasteiger partial charge in [-0.2, -0.15) is 8.42 Å². The van der Waals surface area contributed by atoms with E-state index in [1.165, 1.54) is 39.3 Å². The molecule has 1 aromatic heterocycles. The van der Waals surface area contributed by atoms with Gasteiger partial charge in [-0.05, 0) is 69.5 Å². The maximum atomic E-state index is 14.2. The van der Waals surface area contributed by atoms with E-state index in [0.717, 1.165) is 5.56 Å². The number of aromatic hydroxyl groups is 1. The molecule has 1 N–H and O–H groups in total. The molecule has 2 fully saturated rings. The van der Waals surface area contributed by atoms with Crippen LogP contribution in [0.15, 0.2) is 59.3 Å². The van der Waals surface area contributed by atoms with Crippen LogP contribution in [-0.2, 0) is 16.8 Å². The van der Waals surface area contributed by atoms with Crippen molar-refractivity contribution in [1.29, 1.82) is 0 Å². The second-order valence-corrected chi connectivity index (χ2v) is 11.7. The highest BCUT2D eigenvalue weighted by Crippen LogP contribution is 2.46. The third-order valence-corrected chi connectivity index (χ3v) is 8.89. The SMILES string of the molecule is CC(C)Oc1cc(CN2CC[C@@]3(C[C@@H]2C)CN(c2ncco2)S(=O)(=O)N3c2cccc(F)c2)ccc1O. The minimum Gasteiger partial charge on any atom is -0.504 e. The Morgan fingerprint density at radius 2 is 2.08 bits per heavy atom. The zero-order valence-corrected chi connectivity index (χ0v) is 21.9. The molecule has 3 aromatic rings. The number of anilines is 2. The van der Waals surface area contributed by atoms with Gasteiger partial charge in [0.25, 0.3) is 0 Å². The summed E-state index contributed by atoms with van der Waals surface area (Å²) in [5.74, 6) is 0.0284. The summed E-state index contributed by atoms with van der Waals surface area (Å²) < 4.78 is 55.4. The number of nitrogens with zero attached hydrogens (tertiary/aromatic N) is 4. The van der Waals surface area contributed by atoms with Crippen molar-refractivity contribution in [2.45, 2.75) is 57.8 Å². The van der Waals surface area contributed by atoms with Crippen LogP contribution in [0, 0.1) is 5.82 Å². The number of hydrogen-bond donors (Lipinski definition) is 1. The third kappa shape index (κ3) is 4.73. The molecule has 0 amide bonds. The summed E-state index contributed by atoms with van der Waals surface area (Å²) in [4.78, 5) is 6.36. The standard InChI is InChI=1S/C26H31FN4O5S/c1-18(2)36-24-13-20(7-8-23(24)32)16-29-11-9-26(15-19(29)3)17-30(25-28-10-12-35-25)37(33,34)31(26)22-6-4-5-21(27)14-22/h4-8,10,12-14,18-19,32H,9,11,15-17H2,1-3H3/t19-,26+/m0/s1. The number of likely N-dealkylation sites (tertiary alicyclic amines) is 1. The first-order valence-electron chi connectivity index (χ1n) is 12.3. The maximum absolute atomic E-state index is 14.2. The van der Waals surface area contributed by atoms with Crippen LogP contribution in [0.4, 0.5) is 16.1 Å². The fraction of sp³-hybridized carbons (Fsp3) is 0.423. The van der Waals surface area contributed by atoms with E-state index in [4.69, 9.17) is 9.15 Å². The van der Waals surface area contributed by atoms with Crippen LogP contribution >= 0.6 is 0 Å². The van der Waals surface area contributed by atoms with Gasteiger partial charge in [0.1, 0.15) is 12.1 Å². The highest BCUT2D eigenvalue weighted by atomic mass is 32.2. The van der Waals surface area contributed by atoms with E-state index in [1.54, 1.807) is 12.1 Å². The van der Waals surface area contributed by atoms with Gasteiger partial charge in [-0.15, -0.1) is 0 Å². The molecule has 0 aliphatic carbocycles. The molecule has 37 heavy (non-hydrogen) atoms. The van der Waals surface area contributed by atoms with Crippen molar-refractivity contribution in [1.82, 2.24) is 9.88 Å². The zero-order chi connectivity index (χ0) is 26.4. The van der Waals surface area contributed by atoms with E-state index in [2.05, 4.69) is 16.8 Å². The smallest absolute Gasteiger partial charge is 0.330 e. The summed E-state index contributed by atoms with van der Waals surface area (Å²) >= 11 is 0. The van der Waals surface area contributed by atoms with Gasteiger partial charge >= 0.3 is 16.2 Å². The number of phenols is 1. The molecule has 3 heterocycles. The van der Waals surface area contributed by atoms with Crippen LogP contribution in [0.1, 0.15) is 39.2 Å². The molecule has 1 spiro atoms. The molecule has 9 nitrogen and oxygen atoms in total. The van der Waals surface area contributed by atoms with Crippen LogP contribution < -0.4 is 13.3 Å². The summed E-state index contributed by atoms with van der Waals surface area (Å²) in [5.41, 5.74) is 0.458. The molecule has 0 radical (unpaired) electrons. The van der Waals surface area contributed by atoms with Crippen LogP contribution in [0.5, 0.6) is 11.5 Å². The van der Waals surface area contributed by atoms with Gasteiger partial charge in [0.15, 0.2) is 11.5 Å². The molecular formula is C26H31FN4O5S. The lowest BCUT2D eigenvalue weighted by molar-refractivity contribution is 0.107. The largest absolute Gasteiger partial charge is 0.504 e. The first-order valence-corrected chi connectivity index (χ1v) is 13.7. The summed E-state index contributed by atoms with van der Waals surface area (Å²) in [6, 6.07) is 11.0. The fourth-order valence-electron chi connectivity index (χ4n) is 5.43. The van der Waals surface area contributed by atoms with Crippen LogP contribution in [0.25, 0.3) is 0 Å². The normalized spacial score (nSPS) is 23.8. The van der Waals surface area contributed by atoms with E-state index < -0.39 is 21.6 Å². The van der Waals surface area contributed by atoms with E-state index >= 15 is 0 Å². The lowest BCUT2D eigenvalue weighted by Gasteiger charge is -2.46. The van der Waals surface area contributed by atoms with Crippen LogP contribution in [0.2, 0.25) is 0 Å². The molecule has 5 rings (SSSR count). The molecule has 2 aromatic carbocycles. The second-order valence-electron chi connectivity index (χ2n) is 10.0. The summed E-state index contributed by atoms with van der Waals surface area (Å²) in [6.07, 6.45) is 3.72. The van der Waals surface area contributed by atoms with Crippen molar-refractivity contribution in [2.24, 2.45) is 0 Å². The molecule has 2 saturated heterocycles. The molecule has 0 bridgehead atoms. The number of ether oxygens (including phenoxy) is 1. The van der Waals surface area contributed by atoms with Crippen molar-refractivity contribution in [3.63, 3.8) is 0 Å². The average Bonchev–Trinajstić information content (AvgIpc) is 3.42. The lowest BCUT2D eigenvalue weighted by Crippen LogP contribution is -2.57. The number of hydrogen-bond acceptors (Lipinski definition) is 7. The van der Waals surface area contributed by atoms with Crippen molar-refractivity contribution < 1.29 is 27.1 Å². The molecule has 0 saturated carbocycles.